The molecule has 0 spiro atoms. The van der Waals surface area contributed by atoms with Crippen LogP contribution >= 0.6 is 0 Å². The predicted octanol–water partition coefficient (Wildman–Crippen LogP) is 6.28. The van der Waals surface area contributed by atoms with Gasteiger partial charge in [0.05, 0.1) is 18.3 Å². The Hall–Kier alpha value is -2.71. The van der Waals surface area contributed by atoms with Crippen LogP contribution < -0.4 is 0 Å². The zero-order chi connectivity index (χ0) is 28.3. The first kappa shape index (κ1) is 33.3. The smallest absolute Gasteiger partial charge is 0.342 e. The van der Waals surface area contributed by atoms with E-state index < -0.39 is 48.1 Å². The molecule has 0 aromatic rings. The number of carbonyl (C=O) groups excluding carboxylic acids is 2. The first-order valence-corrected chi connectivity index (χ1v) is 14.3. The van der Waals surface area contributed by atoms with Gasteiger partial charge in [-0.25, -0.2) is 9.59 Å². The summed E-state index contributed by atoms with van der Waals surface area (Å²) in [6.45, 7) is 1.65. The van der Waals surface area contributed by atoms with Crippen molar-refractivity contribution in [2.24, 2.45) is 11.8 Å². The summed E-state index contributed by atoms with van der Waals surface area (Å²) in [7, 11) is 0. The van der Waals surface area contributed by atoms with E-state index in [0.29, 0.717) is 24.0 Å². The molecule has 0 radical (unpaired) electrons. The number of ether oxygens (including phenoxy) is 1. The highest BCUT2D eigenvalue weighted by atomic mass is 16.6. The number of hydrogen-bond donors (Lipinski definition) is 3. The zero-order valence-electron chi connectivity index (χ0n) is 22.9. The molecule has 1 rings (SSSR count). The van der Waals surface area contributed by atoms with Crippen LogP contribution in [0.4, 0.5) is 0 Å². The standard InChI is InChI=1S/C29H46O9/c1-21-22(29(37)38-28(21)36)18-16-14-12-10-8-6-4-2-3-5-7-9-11-13-15-17-19-23(26(32)33)24(27(34)35)20-25(30)31/h23-24H,2-20H2,1H3,(H,30,31)(H,32,33)(H,34,35). The van der Waals surface area contributed by atoms with Gasteiger partial charge < -0.3 is 20.1 Å². The lowest BCUT2D eigenvalue weighted by atomic mass is 9.85. The SMILES string of the molecule is CC1=C(CCCCCCCCCCCCCCCCCCC(C(=O)O)C(CC(=O)O)C(=O)O)C(=O)OC1=O. The second-order valence-electron chi connectivity index (χ2n) is 10.5. The highest BCUT2D eigenvalue weighted by molar-refractivity contribution is 6.11. The Morgan fingerprint density at radius 2 is 1.00 bits per heavy atom. The fourth-order valence-electron chi connectivity index (χ4n) is 5.02. The van der Waals surface area contributed by atoms with Crippen molar-refractivity contribution in [3.05, 3.63) is 11.1 Å². The third-order valence-corrected chi connectivity index (χ3v) is 7.40. The van der Waals surface area contributed by atoms with E-state index in [2.05, 4.69) is 4.74 Å². The van der Waals surface area contributed by atoms with Crippen LogP contribution in [-0.2, 0) is 28.7 Å². The van der Waals surface area contributed by atoms with Gasteiger partial charge in [0, 0.05) is 11.1 Å². The molecule has 0 aromatic heterocycles. The summed E-state index contributed by atoms with van der Waals surface area (Å²) >= 11 is 0. The van der Waals surface area contributed by atoms with Crippen LogP contribution in [0.1, 0.15) is 129 Å². The maximum Gasteiger partial charge on any atom is 0.342 e. The van der Waals surface area contributed by atoms with E-state index in [9.17, 15) is 34.2 Å². The number of rotatable bonds is 24. The van der Waals surface area contributed by atoms with E-state index in [-0.39, 0.29) is 6.42 Å². The molecule has 9 heteroatoms. The molecule has 0 aromatic carbocycles. The van der Waals surface area contributed by atoms with Gasteiger partial charge in [-0.05, 0) is 26.2 Å². The van der Waals surface area contributed by atoms with Crippen LogP contribution in [-0.4, -0.2) is 45.2 Å². The van der Waals surface area contributed by atoms with E-state index in [1.54, 1.807) is 6.92 Å². The lowest BCUT2D eigenvalue weighted by molar-refractivity contribution is -0.157. The maximum absolute atomic E-state index is 11.6. The molecular formula is C29H46O9. The lowest BCUT2D eigenvalue weighted by Crippen LogP contribution is -2.31. The van der Waals surface area contributed by atoms with Gasteiger partial charge in [-0.3, -0.25) is 14.4 Å². The van der Waals surface area contributed by atoms with Gasteiger partial charge >= 0.3 is 29.8 Å². The molecule has 38 heavy (non-hydrogen) atoms. The minimum atomic E-state index is -1.39. The summed E-state index contributed by atoms with van der Waals surface area (Å²) < 4.78 is 4.61. The summed E-state index contributed by atoms with van der Waals surface area (Å²) in [6, 6.07) is 0. The van der Waals surface area contributed by atoms with Crippen LogP contribution in [0.3, 0.4) is 0 Å². The highest BCUT2D eigenvalue weighted by Gasteiger charge is 2.35. The molecule has 0 amide bonds. The normalized spacial score (nSPS) is 15.0. The first-order chi connectivity index (χ1) is 18.1. The topological polar surface area (TPSA) is 155 Å². The van der Waals surface area contributed by atoms with E-state index in [1.807, 2.05) is 0 Å². The number of aliphatic carboxylic acids is 3. The molecule has 3 N–H and O–H groups in total. The third kappa shape index (κ3) is 13.7. The molecule has 0 saturated carbocycles. The summed E-state index contributed by atoms with van der Waals surface area (Å²) in [6.07, 6.45) is 17.7. The van der Waals surface area contributed by atoms with Gasteiger partial charge in [-0.15, -0.1) is 0 Å². The maximum atomic E-state index is 11.6. The number of carboxylic acid groups (broad SMARTS) is 3. The third-order valence-electron chi connectivity index (χ3n) is 7.40. The fourth-order valence-corrected chi connectivity index (χ4v) is 5.02. The number of carboxylic acids is 3. The van der Waals surface area contributed by atoms with E-state index in [1.165, 1.54) is 51.4 Å². The molecule has 0 bridgehead atoms. The molecule has 9 nitrogen and oxygen atoms in total. The molecule has 216 valence electrons. The number of carbonyl (C=O) groups is 5. The first-order valence-electron chi connectivity index (χ1n) is 14.3. The molecule has 1 aliphatic rings. The quantitative estimate of drug-likeness (QED) is 0.0730. The number of hydrogen-bond acceptors (Lipinski definition) is 6. The monoisotopic (exact) mass is 538 g/mol. The van der Waals surface area contributed by atoms with Crippen molar-refractivity contribution in [3.8, 4) is 0 Å². The van der Waals surface area contributed by atoms with Crippen molar-refractivity contribution < 1.29 is 44.0 Å². The molecule has 2 atom stereocenters. The van der Waals surface area contributed by atoms with E-state index in [4.69, 9.17) is 5.11 Å². The zero-order valence-corrected chi connectivity index (χ0v) is 22.9. The molecule has 0 aliphatic carbocycles. The van der Waals surface area contributed by atoms with Gasteiger partial charge in [-0.2, -0.15) is 0 Å². The minimum Gasteiger partial charge on any atom is -0.481 e. The Kier molecular flexibility index (Phi) is 17.0. The summed E-state index contributed by atoms with van der Waals surface area (Å²) in [5.74, 6) is -7.43. The molecule has 2 unspecified atom stereocenters. The van der Waals surface area contributed by atoms with Crippen LogP contribution in [0.2, 0.25) is 0 Å². The largest absolute Gasteiger partial charge is 0.481 e. The average Bonchev–Trinajstić information content (AvgIpc) is 3.09. The van der Waals surface area contributed by atoms with Crippen molar-refractivity contribution in [3.63, 3.8) is 0 Å². The summed E-state index contributed by atoms with van der Waals surface area (Å²) in [5.41, 5.74) is 1.01. The summed E-state index contributed by atoms with van der Waals surface area (Å²) in [4.78, 5) is 56.4. The fraction of sp³-hybridized carbons (Fsp3) is 0.759. The van der Waals surface area contributed by atoms with E-state index >= 15 is 0 Å². The Morgan fingerprint density at radius 3 is 1.34 bits per heavy atom. The van der Waals surface area contributed by atoms with Crippen molar-refractivity contribution in [1.82, 2.24) is 0 Å². The van der Waals surface area contributed by atoms with Gasteiger partial charge in [0.1, 0.15) is 0 Å². The number of cyclic esters (lactones) is 2. The average molecular weight is 539 g/mol. The van der Waals surface area contributed by atoms with Gasteiger partial charge in [-0.1, -0.05) is 96.3 Å². The molecule has 0 saturated heterocycles. The van der Waals surface area contributed by atoms with Gasteiger partial charge in [0.25, 0.3) is 0 Å². The van der Waals surface area contributed by atoms with Gasteiger partial charge in [0.15, 0.2) is 0 Å². The Labute approximate surface area is 226 Å². The Bertz CT molecular complexity index is 815. The second kappa shape index (κ2) is 19.4. The van der Waals surface area contributed by atoms with Crippen LogP contribution in [0.15, 0.2) is 11.1 Å². The lowest BCUT2D eigenvalue weighted by Gasteiger charge is -2.18. The molecule has 1 aliphatic heterocycles. The van der Waals surface area contributed by atoms with Gasteiger partial charge in [0.2, 0.25) is 0 Å². The molecule has 0 fully saturated rings. The highest BCUT2D eigenvalue weighted by Crippen LogP contribution is 2.25. The number of esters is 2. The predicted molar refractivity (Wildman–Crippen MR) is 141 cm³/mol. The van der Waals surface area contributed by atoms with Crippen molar-refractivity contribution in [1.29, 1.82) is 0 Å². The second-order valence-corrected chi connectivity index (χ2v) is 10.5. The van der Waals surface area contributed by atoms with Crippen LogP contribution in [0.5, 0.6) is 0 Å². The number of unbranched alkanes of at least 4 members (excludes halogenated alkanes) is 15. The summed E-state index contributed by atoms with van der Waals surface area (Å²) in [5, 5.41) is 27.4. The minimum absolute atomic E-state index is 0.191. The Morgan fingerprint density at radius 1 is 0.605 bits per heavy atom. The van der Waals surface area contributed by atoms with E-state index in [0.717, 1.165) is 44.9 Å². The molecular weight excluding hydrogens is 492 g/mol. The van der Waals surface area contributed by atoms with Crippen molar-refractivity contribution in [2.45, 2.75) is 129 Å². The van der Waals surface area contributed by atoms with Crippen LogP contribution in [0.25, 0.3) is 0 Å². The Balaban J connectivity index is 1.92. The van der Waals surface area contributed by atoms with Crippen molar-refractivity contribution >= 4 is 29.8 Å². The van der Waals surface area contributed by atoms with Crippen LogP contribution in [0, 0.1) is 11.8 Å². The molecule has 1 heterocycles. The van der Waals surface area contributed by atoms with Crippen molar-refractivity contribution in [2.75, 3.05) is 0 Å².